The first-order valence-electron chi connectivity index (χ1n) is 9.43. The molecule has 0 spiro atoms. The number of hydrogen-bond donors (Lipinski definition) is 2. The summed E-state index contributed by atoms with van der Waals surface area (Å²) in [4.78, 5) is 8.43. The van der Waals surface area contributed by atoms with Gasteiger partial charge in [-0.3, -0.25) is 0 Å². The molecule has 3 nitrogen and oxygen atoms in total. The SMILES string of the molecule is Oc1ccc2ccccc2c1-c1nc(-c2ccc(Br)cc2)c(-c2ccc(Br)cc2)[nH]1. The summed E-state index contributed by atoms with van der Waals surface area (Å²) in [5.41, 5.74) is 4.47. The lowest BCUT2D eigenvalue weighted by Gasteiger charge is -2.06. The third-order valence-electron chi connectivity index (χ3n) is 5.10. The second-order valence-electron chi connectivity index (χ2n) is 7.00. The highest BCUT2D eigenvalue weighted by Gasteiger charge is 2.19. The van der Waals surface area contributed by atoms with Crippen LogP contribution in [0.2, 0.25) is 0 Å². The number of imidazole rings is 1. The van der Waals surface area contributed by atoms with Gasteiger partial charge in [0, 0.05) is 20.1 Å². The van der Waals surface area contributed by atoms with E-state index in [1.54, 1.807) is 6.07 Å². The minimum atomic E-state index is 0.201. The minimum Gasteiger partial charge on any atom is -0.507 e. The molecule has 30 heavy (non-hydrogen) atoms. The second-order valence-corrected chi connectivity index (χ2v) is 8.83. The highest BCUT2D eigenvalue weighted by atomic mass is 79.9. The number of nitrogens with one attached hydrogen (secondary N) is 1. The summed E-state index contributed by atoms with van der Waals surface area (Å²) >= 11 is 7.01. The number of phenolic OH excluding ortho intramolecular Hbond substituents is 1. The highest BCUT2D eigenvalue weighted by molar-refractivity contribution is 9.10. The number of H-pyrrole nitrogens is 1. The fraction of sp³-hybridized carbons (Fsp3) is 0. The standard InChI is InChI=1S/C25H16Br2N2O/c26-18-10-5-16(6-11-18)23-24(17-7-12-19(27)13-8-17)29-25(28-23)22-20-4-2-1-3-15(20)9-14-21(22)30/h1-14,30H,(H,28,29). The van der Waals surface area contributed by atoms with Crippen molar-refractivity contribution in [2.45, 2.75) is 0 Å². The Labute approximate surface area is 190 Å². The Morgan fingerprint density at radius 3 is 2.03 bits per heavy atom. The molecule has 5 aromatic rings. The molecule has 0 aliphatic rings. The minimum absolute atomic E-state index is 0.201. The molecule has 0 unspecified atom stereocenters. The molecule has 0 fully saturated rings. The molecule has 0 aliphatic heterocycles. The average Bonchev–Trinajstić information content (AvgIpc) is 3.19. The van der Waals surface area contributed by atoms with Crippen molar-refractivity contribution in [3.05, 3.63) is 93.9 Å². The molecule has 0 saturated heterocycles. The van der Waals surface area contributed by atoms with Crippen molar-refractivity contribution in [3.8, 4) is 39.7 Å². The molecule has 2 N–H and O–H groups in total. The van der Waals surface area contributed by atoms with E-state index < -0.39 is 0 Å². The number of aromatic nitrogens is 2. The van der Waals surface area contributed by atoms with E-state index in [9.17, 15) is 5.11 Å². The van der Waals surface area contributed by atoms with Crippen molar-refractivity contribution in [2.75, 3.05) is 0 Å². The highest BCUT2D eigenvalue weighted by Crippen LogP contribution is 2.39. The zero-order valence-electron chi connectivity index (χ0n) is 15.7. The van der Waals surface area contributed by atoms with Gasteiger partial charge in [-0.2, -0.15) is 0 Å². The number of rotatable bonds is 3. The van der Waals surface area contributed by atoms with Crippen LogP contribution in [0, 0.1) is 0 Å². The third-order valence-corrected chi connectivity index (χ3v) is 6.16. The van der Waals surface area contributed by atoms with Crippen LogP contribution in [0.25, 0.3) is 44.7 Å². The van der Waals surface area contributed by atoms with Gasteiger partial charge in [0.25, 0.3) is 0 Å². The maximum absolute atomic E-state index is 10.7. The second kappa shape index (κ2) is 7.74. The van der Waals surface area contributed by atoms with E-state index in [1.807, 2.05) is 78.9 Å². The largest absolute Gasteiger partial charge is 0.507 e. The number of hydrogen-bond acceptors (Lipinski definition) is 2. The van der Waals surface area contributed by atoms with E-state index in [-0.39, 0.29) is 5.75 Å². The predicted molar refractivity (Wildman–Crippen MR) is 129 cm³/mol. The van der Waals surface area contributed by atoms with E-state index in [4.69, 9.17) is 4.98 Å². The number of nitrogens with zero attached hydrogens (tertiary/aromatic N) is 1. The lowest BCUT2D eigenvalue weighted by Crippen LogP contribution is -1.85. The number of aromatic hydroxyl groups is 1. The Hall–Kier alpha value is -2.89. The van der Waals surface area contributed by atoms with Gasteiger partial charge in [0.2, 0.25) is 0 Å². The van der Waals surface area contributed by atoms with E-state index in [1.165, 1.54) is 0 Å². The average molecular weight is 520 g/mol. The summed E-state index contributed by atoms with van der Waals surface area (Å²) in [6.45, 7) is 0. The first-order chi connectivity index (χ1) is 14.6. The summed E-state index contributed by atoms with van der Waals surface area (Å²) in [6, 6.07) is 27.8. The van der Waals surface area contributed by atoms with Gasteiger partial charge >= 0.3 is 0 Å². The molecule has 0 aliphatic carbocycles. The smallest absolute Gasteiger partial charge is 0.142 e. The Kier molecular flexibility index (Phi) is 4.93. The van der Waals surface area contributed by atoms with Gasteiger partial charge in [-0.1, -0.05) is 86.5 Å². The van der Waals surface area contributed by atoms with Crippen molar-refractivity contribution < 1.29 is 5.11 Å². The summed E-state index contributed by atoms with van der Waals surface area (Å²) in [5.74, 6) is 0.840. The number of benzene rings is 4. The van der Waals surface area contributed by atoms with Gasteiger partial charge < -0.3 is 10.1 Å². The normalized spacial score (nSPS) is 11.1. The fourth-order valence-corrected chi connectivity index (χ4v) is 4.17. The molecule has 0 saturated carbocycles. The molecule has 0 radical (unpaired) electrons. The summed E-state index contributed by atoms with van der Waals surface area (Å²) in [6.07, 6.45) is 0. The van der Waals surface area contributed by atoms with Gasteiger partial charge in [0.05, 0.1) is 17.0 Å². The van der Waals surface area contributed by atoms with Crippen molar-refractivity contribution in [1.82, 2.24) is 9.97 Å². The molecule has 146 valence electrons. The van der Waals surface area contributed by atoms with E-state index in [0.29, 0.717) is 11.4 Å². The van der Waals surface area contributed by atoms with Crippen molar-refractivity contribution in [1.29, 1.82) is 0 Å². The van der Waals surface area contributed by atoms with Gasteiger partial charge in [-0.25, -0.2) is 4.98 Å². The number of halogens is 2. The van der Waals surface area contributed by atoms with Crippen LogP contribution in [-0.2, 0) is 0 Å². The predicted octanol–water partition coefficient (Wildman–Crippen LogP) is 7.79. The molecule has 0 atom stereocenters. The van der Waals surface area contributed by atoms with Gasteiger partial charge in [-0.05, 0) is 41.1 Å². The van der Waals surface area contributed by atoms with Crippen molar-refractivity contribution in [3.63, 3.8) is 0 Å². The Bertz CT molecular complexity index is 1290. The number of aromatic amines is 1. The van der Waals surface area contributed by atoms with Crippen LogP contribution in [0.3, 0.4) is 0 Å². The van der Waals surface area contributed by atoms with Gasteiger partial charge in [-0.15, -0.1) is 0 Å². The number of fused-ring (bicyclic) bond motifs is 1. The maximum Gasteiger partial charge on any atom is 0.142 e. The molecule has 0 amide bonds. The van der Waals surface area contributed by atoms with Crippen molar-refractivity contribution in [2.24, 2.45) is 0 Å². The summed E-state index contributed by atoms with van der Waals surface area (Å²) in [7, 11) is 0. The monoisotopic (exact) mass is 518 g/mol. The van der Waals surface area contributed by atoms with Crippen LogP contribution < -0.4 is 0 Å². The zero-order chi connectivity index (χ0) is 20.7. The van der Waals surface area contributed by atoms with E-state index in [2.05, 4.69) is 36.8 Å². The molecule has 5 heteroatoms. The molecule has 4 aromatic carbocycles. The lowest BCUT2D eigenvalue weighted by molar-refractivity contribution is 0.477. The van der Waals surface area contributed by atoms with Crippen molar-refractivity contribution >= 4 is 42.6 Å². The van der Waals surface area contributed by atoms with Crippen LogP contribution in [0.4, 0.5) is 0 Å². The Morgan fingerprint density at radius 1 is 0.700 bits per heavy atom. The molecule has 5 rings (SSSR count). The van der Waals surface area contributed by atoms with Crippen LogP contribution in [0.1, 0.15) is 0 Å². The van der Waals surface area contributed by atoms with E-state index in [0.717, 1.165) is 42.2 Å². The Balaban J connectivity index is 1.77. The quantitative estimate of drug-likeness (QED) is 0.255. The molecule has 0 bridgehead atoms. The van der Waals surface area contributed by atoms with Crippen LogP contribution >= 0.6 is 31.9 Å². The van der Waals surface area contributed by atoms with Crippen LogP contribution in [0.15, 0.2) is 93.9 Å². The van der Waals surface area contributed by atoms with E-state index >= 15 is 0 Å². The molecular weight excluding hydrogens is 504 g/mol. The van der Waals surface area contributed by atoms with Gasteiger partial charge in [0.1, 0.15) is 11.6 Å². The number of phenols is 1. The fourth-order valence-electron chi connectivity index (χ4n) is 3.64. The Morgan fingerprint density at radius 2 is 1.33 bits per heavy atom. The van der Waals surface area contributed by atoms with Crippen LogP contribution in [-0.4, -0.2) is 15.1 Å². The first-order valence-corrected chi connectivity index (χ1v) is 11.0. The zero-order valence-corrected chi connectivity index (χ0v) is 18.9. The van der Waals surface area contributed by atoms with Crippen LogP contribution in [0.5, 0.6) is 5.75 Å². The molecule has 1 aromatic heterocycles. The maximum atomic E-state index is 10.7. The molecular formula is C25H16Br2N2O. The molecule has 1 heterocycles. The first kappa shape index (κ1) is 19.1. The topological polar surface area (TPSA) is 48.9 Å². The third kappa shape index (κ3) is 3.44. The lowest BCUT2D eigenvalue weighted by atomic mass is 10.0. The van der Waals surface area contributed by atoms with Gasteiger partial charge in [0.15, 0.2) is 0 Å². The summed E-state index contributed by atoms with van der Waals surface area (Å²) in [5, 5.41) is 12.7. The summed E-state index contributed by atoms with van der Waals surface area (Å²) < 4.78 is 2.03.